The van der Waals surface area contributed by atoms with Crippen LogP contribution in [0.4, 0.5) is 0 Å². The topological polar surface area (TPSA) is 92.6 Å². The third-order valence-electron chi connectivity index (χ3n) is 5.44. The highest BCUT2D eigenvalue weighted by atomic mass is 32.2. The van der Waals surface area contributed by atoms with Gasteiger partial charge in [-0.15, -0.1) is 0 Å². The number of sulfone groups is 1. The summed E-state index contributed by atoms with van der Waals surface area (Å²) in [5.74, 6) is -0.458. The molecule has 162 valence electrons. The van der Waals surface area contributed by atoms with Gasteiger partial charge in [-0.3, -0.25) is 14.6 Å². The number of aromatic nitrogens is 2. The van der Waals surface area contributed by atoms with Crippen LogP contribution in [0.25, 0.3) is 10.8 Å². The number of amides is 1. The van der Waals surface area contributed by atoms with Gasteiger partial charge >= 0.3 is 0 Å². The second kappa shape index (κ2) is 8.24. The van der Waals surface area contributed by atoms with Crippen molar-refractivity contribution in [3.05, 3.63) is 76.2 Å². The fraction of sp³-hybridized carbons (Fsp3) is 0.318. The Morgan fingerprint density at radius 3 is 2.32 bits per heavy atom. The van der Waals surface area contributed by atoms with Gasteiger partial charge in [-0.1, -0.05) is 48.5 Å². The molecule has 8 nitrogen and oxygen atoms in total. The molecule has 2 heterocycles. The van der Waals surface area contributed by atoms with Crippen molar-refractivity contribution in [1.29, 1.82) is 0 Å². The number of hydrogen-bond donors (Lipinski definition) is 0. The lowest BCUT2D eigenvalue weighted by Crippen LogP contribution is -2.50. The maximum absolute atomic E-state index is 13.6. The Morgan fingerprint density at radius 1 is 1.06 bits per heavy atom. The van der Waals surface area contributed by atoms with Gasteiger partial charge < -0.3 is 0 Å². The quantitative estimate of drug-likeness (QED) is 0.559. The molecule has 1 atom stereocenters. The Labute approximate surface area is 180 Å². The molecule has 31 heavy (non-hydrogen) atoms. The molecule has 0 bridgehead atoms. The van der Waals surface area contributed by atoms with Crippen molar-refractivity contribution in [2.24, 2.45) is 0 Å². The van der Waals surface area contributed by atoms with Crippen molar-refractivity contribution in [2.45, 2.75) is 19.0 Å². The summed E-state index contributed by atoms with van der Waals surface area (Å²) in [6.07, 6.45) is 0.369. The first-order valence-corrected chi connectivity index (χ1v) is 11.8. The van der Waals surface area contributed by atoms with Gasteiger partial charge in [0.15, 0.2) is 15.5 Å². The molecule has 1 fully saturated rings. The summed E-state index contributed by atoms with van der Waals surface area (Å²) >= 11 is 0. The molecule has 0 spiro atoms. The molecule has 1 aliphatic rings. The van der Waals surface area contributed by atoms with Crippen LogP contribution in [0.1, 0.15) is 22.5 Å². The van der Waals surface area contributed by atoms with Gasteiger partial charge in [0.1, 0.15) is 0 Å². The second-order valence-electron chi connectivity index (χ2n) is 7.90. The third kappa shape index (κ3) is 4.24. The Morgan fingerprint density at radius 2 is 1.71 bits per heavy atom. The van der Waals surface area contributed by atoms with Crippen LogP contribution in [0.3, 0.4) is 0 Å². The molecule has 0 radical (unpaired) electrons. The Balaban J connectivity index is 1.82. The number of nitrogens with zero attached hydrogens (tertiary/aromatic N) is 4. The molecule has 2 aromatic carbocycles. The largest absolute Gasteiger partial charge is 0.289 e. The summed E-state index contributed by atoms with van der Waals surface area (Å²) < 4.78 is 25.3. The minimum absolute atomic E-state index is 0.0525. The van der Waals surface area contributed by atoms with Gasteiger partial charge in [0, 0.05) is 19.5 Å². The van der Waals surface area contributed by atoms with Gasteiger partial charge in [0.25, 0.3) is 11.5 Å². The molecular formula is C22H24N4O4S. The Kier molecular flexibility index (Phi) is 5.63. The molecule has 0 saturated carbocycles. The molecule has 1 amide bonds. The zero-order valence-corrected chi connectivity index (χ0v) is 18.2. The first kappa shape index (κ1) is 21.2. The maximum atomic E-state index is 13.6. The van der Waals surface area contributed by atoms with Gasteiger partial charge in [-0.25, -0.2) is 18.1 Å². The SMILES string of the molecule is CN(C)N(C(=O)c1nn(Cc2ccccc2)c(=O)c2ccccc12)C1CCS(=O)(=O)C1. The van der Waals surface area contributed by atoms with Crippen LogP contribution >= 0.6 is 0 Å². The van der Waals surface area contributed by atoms with Crippen molar-refractivity contribution < 1.29 is 13.2 Å². The Hall–Kier alpha value is -3.04. The molecule has 1 unspecified atom stereocenters. The molecule has 0 N–H and O–H groups in total. The summed E-state index contributed by atoms with van der Waals surface area (Å²) in [5.41, 5.74) is 0.733. The van der Waals surface area contributed by atoms with E-state index in [4.69, 9.17) is 0 Å². The van der Waals surface area contributed by atoms with E-state index in [1.165, 1.54) is 9.69 Å². The van der Waals surface area contributed by atoms with E-state index in [1.54, 1.807) is 43.4 Å². The average Bonchev–Trinajstić information content (AvgIpc) is 3.09. The summed E-state index contributed by atoms with van der Waals surface area (Å²) in [4.78, 5) is 26.7. The molecule has 4 rings (SSSR count). The van der Waals surface area contributed by atoms with Crippen molar-refractivity contribution in [1.82, 2.24) is 19.8 Å². The van der Waals surface area contributed by atoms with E-state index < -0.39 is 21.8 Å². The number of hydrogen-bond acceptors (Lipinski definition) is 6. The smallest absolute Gasteiger partial charge is 0.267 e. The predicted octanol–water partition coefficient (Wildman–Crippen LogP) is 1.55. The number of carbonyl (C=O) groups excluding carboxylic acids is 1. The molecule has 1 aliphatic heterocycles. The van der Waals surface area contributed by atoms with E-state index in [2.05, 4.69) is 5.10 Å². The first-order valence-electron chi connectivity index (χ1n) is 10.0. The highest BCUT2D eigenvalue weighted by Crippen LogP contribution is 2.23. The normalized spacial score (nSPS) is 17.8. The lowest BCUT2D eigenvalue weighted by molar-refractivity contribution is 0.000465. The molecule has 9 heteroatoms. The summed E-state index contributed by atoms with van der Waals surface area (Å²) in [6.45, 7) is 0.227. The summed E-state index contributed by atoms with van der Waals surface area (Å²) in [6, 6.07) is 15.8. The van der Waals surface area contributed by atoms with Crippen LogP contribution in [0.2, 0.25) is 0 Å². The molecule has 1 saturated heterocycles. The molecule has 1 aromatic heterocycles. The van der Waals surface area contributed by atoms with E-state index >= 15 is 0 Å². The van der Waals surface area contributed by atoms with Crippen molar-refractivity contribution in [3.63, 3.8) is 0 Å². The summed E-state index contributed by atoms with van der Waals surface area (Å²) in [7, 11) is 0.215. The van der Waals surface area contributed by atoms with Gasteiger partial charge in [0.2, 0.25) is 0 Å². The lowest BCUT2D eigenvalue weighted by atomic mass is 10.1. The van der Waals surface area contributed by atoms with Crippen molar-refractivity contribution >= 4 is 26.5 Å². The number of hydrazine groups is 1. The van der Waals surface area contributed by atoms with E-state index in [-0.39, 0.29) is 29.3 Å². The monoisotopic (exact) mass is 440 g/mol. The third-order valence-corrected chi connectivity index (χ3v) is 7.19. The lowest BCUT2D eigenvalue weighted by Gasteiger charge is -2.33. The van der Waals surface area contributed by atoms with Crippen LogP contribution in [0.5, 0.6) is 0 Å². The molecule has 3 aromatic rings. The van der Waals surface area contributed by atoms with Crippen molar-refractivity contribution in [3.8, 4) is 0 Å². The number of benzene rings is 2. The fourth-order valence-corrected chi connectivity index (χ4v) is 5.70. The molecular weight excluding hydrogens is 416 g/mol. The van der Waals surface area contributed by atoms with Crippen LogP contribution in [-0.2, 0) is 16.4 Å². The highest BCUT2D eigenvalue weighted by Gasteiger charge is 2.37. The maximum Gasteiger partial charge on any atom is 0.289 e. The molecule has 0 aliphatic carbocycles. The first-order chi connectivity index (χ1) is 14.8. The van der Waals surface area contributed by atoms with Gasteiger partial charge in [-0.2, -0.15) is 5.10 Å². The minimum atomic E-state index is -3.18. The van der Waals surface area contributed by atoms with Gasteiger partial charge in [-0.05, 0) is 18.1 Å². The van der Waals surface area contributed by atoms with Crippen molar-refractivity contribution in [2.75, 3.05) is 25.6 Å². The van der Waals surface area contributed by atoms with Crippen LogP contribution in [-0.4, -0.2) is 65.8 Å². The average molecular weight is 441 g/mol. The summed E-state index contributed by atoms with van der Waals surface area (Å²) in [5, 5.41) is 8.33. The number of carbonyl (C=O) groups is 1. The van der Waals surface area contributed by atoms with Crippen LogP contribution in [0, 0.1) is 0 Å². The van der Waals surface area contributed by atoms with Crippen LogP contribution in [0.15, 0.2) is 59.4 Å². The fourth-order valence-electron chi connectivity index (χ4n) is 4.01. The predicted molar refractivity (Wildman–Crippen MR) is 118 cm³/mol. The van der Waals surface area contributed by atoms with E-state index in [0.29, 0.717) is 17.2 Å². The van der Waals surface area contributed by atoms with Crippen LogP contribution < -0.4 is 5.56 Å². The zero-order chi connectivity index (χ0) is 22.2. The van der Waals surface area contributed by atoms with E-state index in [1.807, 2.05) is 30.3 Å². The van der Waals surface area contributed by atoms with E-state index in [9.17, 15) is 18.0 Å². The van der Waals surface area contributed by atoms with Gasteiger partial charge in [0.05, 0.1) is 29.5 Å². The highest BCUT2D eigenvalue weighted by molar-refractivity contribution is 7.91. The standard InChI is InChI=1S/C22H24N4O4S/c1-24(2)26(17-12-13-31(29,30)15-17)22(28)20-18-10-6-7-11-19(18)21(27)25(23-20)14-16-8-4-3-5-9-16/h3-11,17H,12-15H2,1-2H3. The number of rotatable bonds is 5. The minimum Gasteiger partial charge on any atom is -0.267 e. The number of fused-ring (bicyclic) bond motifs is 1. The second-order valence-corrected chi connectivity index (χ2v) is 10.1. The Bertz CT molecular complexity index is 1290. The zero-order valence-electron chi connectivity index (χ0n) is 17.4. The van der Waals surface area contributed by atoms with E-state index in [0.717, 1.165) is 5.56 Å².